The third kappa shape index (κ3) is 4.83. The van der Waals surface area contributed by atoms with E-state index in [1.165, 1.54) is 11.3 Å². The number of carbonyl (C=O) groups excluding carboxylic acids is 1. The highest BCUT2D eigenvalue weighted by Crippen LogP contribution is 2.20. The summed E-state index contributed by atoms with van der Waals surface area (Å²) in [5.41, 5.74) is 0.914. The first-order valence-electron chi connectivity index (χ1n) is 5.77. The van der Waals surface area contributed by atoms with Gasteiger partial charge in [-0.15, -0.1) is 11.3 Å². The molecular formula is C11H19N3O2S2. The zero-order valence-corrected chi connectivity index (χ0v) is 12.6. The molecule has 0 aliphatic heterocycles. The van der Waals surface area contributed by atoms with Crippen LogP contribution in [-0.4, -0.2) is 40.2 Å². The van der Waals surface area contributed by atoms with Gasteiger partial charge in [-0.1, -0.05) is 0 Å². The van der Waals surface area contributed by atoms with Gasteiger partial charge in [0.05, 0.1) is 5.69 Å². The van der Waals surface area contributed by atoms with E-state index >= 15 is 0 Å². The van der Waals surface area contributed by atoms with Crippen LogP contribution in [0, 0.1) is 0 Å². The highest BCUT2D eigenvalue weighted by atomic mass is 32.2. The van der Waals surface area contributed by atoms with Gasteiger partial charge in [-0.3, -0.25) is 13.9 Å². The molecule has 0 bridgehead atoms. The fourth-order valence-electron chi connectivity index (χ4n) is 1.43. The smallest absolute Gasteiger partial charge is 0.225 e. The van der Waals surface area contributed by atoms with Gasteiger partial charge >= 0.3 is 0 Å². The maximum absolute atomic E-state index is 11.4. The Balaban J connectivity index is 2.47. The Kier molecular flexibility index (Phi) is 6.45. The SMILES string of the molecule is CCN(C(C)=O)c1nc(CNCCS(C)=O)cs1. The van der Waals surface area contributed by atoms with Crippen LogP contribution in [0.4, 0.5) is 5.13 Å². The molecule has 0 aromatic carbocycles. The van der Waals surface area contributed by atoms with Gasteiger partial charge in [0, 0.05) is 54.7 Å². The summed E-state index contributed by atoms with van der Waals surface area (Å²) in [7, 11) is -0.766. The zero-order valence-electron chi connectivity index (χ0n) is 10.9. The number of nitrogens with one attached hydrogen (secondary N) is 1. The molecule has 1 rings (SSSR count). The fourth-order valence-corrected chi connectivity index (χ4v) is 2.79. The number of anilines is 1. The molecule has 0 aliphatic rings. The van der Waals surface area contributed by atoms with Gasteiger partial charge in [-0.05, 0) is 6.92 Å². The monoisotopic (exact) mass is 289 g/mol. The lowest BCUT2D eigenvalue weighted by Crippen LogP contribution is -2.27. The number of nitrogens with zero attached hydrogens (tertiary/aromatic N) is 2. The van der Waals surface area contributed by atoms with E-state index in [0.717, 1.165) is 10.8 Å². The van der Waals surface area contributed by atoms with Crippen molar-refractivity contribution >= 4 is 33.2 Å². The molecule has 1 amide bonds. The Bertz CT molecular complexity index is 420. The van der Waals surface area contributed by atoms with E-state index in [4.69, 9.17) is 0 Å². The maximum atomic E-state index is 11.4. The van der Waals surface area contributed by atoms with Gasteiger partial charge in [-0.25, -0.2) is 4.98 Å². The molecule has 1 aromatic heterocycles. The van der Waals surface area contributed by atoms with E-state index < -0.39 is 10.8 Å². The first-order valence-corrected chi connectivity index (χ1v) is 8.38. The first kappa shape index (κ1) is 15.3. The molecule has 1 unspecified atom stereocenters. The number of rotatable bonds is 7. The summed E-state index contributed by atoms with van der Waals surface area (Å²) in [6.45, 7) is 5.45. The van der Waals surface area contributed by atoms with Crippen LogP contribution in [0.3, 0.4) is 0 Å². The van der Waals surface area contributed by atoms with E-state index in [1.807, 2.05) is 12.3 Å². The van der Waals surface area contributed by atoms with Crippen molar-refractivity contribution < 1.29 is 9.00 Å². The van der Waals surface area contributed by atoms with Crippen molar-refractivity contribution in [2.45, 2.75) is 20.4 Å². The second kappa shape index (κ2) is 7.60. The van der Waals surface area contributed by atoms with Crippen molar-refractivity contribution in [1.82, 2.24) is 10.3 Å². The minimum atomic E-state index is -0.766. The normalized spacial score (nSPS) is 12.4. The molecule has 18 heavy (non-hydrogen) atoms. The maximum Gasteiger partial charge on any atom is 0.225 e. The van der Waals surface area contributed by atoms with Gasteiger partial charge < -0.3 is 5.32 Å². The topological polar surface area (TPSA) is 62.3 Å². The van der Waals surface area contributed by atoms with Gasteiger partial charge in [-0.2, -0.15) is 0 Å². The fraction of sp³-hybridized carbons (Fsp3) is 0.636. The molecule has 1 N–H and O–H groups in total. The Hall–Kier alpha value is -0.790. The Morgan fingerprint density at radius 1 is 1.61 bits per heavy atom. The van der Waals surface area contributed by atoms with Crippen LogP contribution in [0.1, 0.15) is 19.5 Å². The average molecular weight is 289 g/mol. The van der Waals surface area contributed by atoms with Crippen molar-refractivity contribution in [1.29, 1.82) is 0 Å². The zero-order chi connectivity index (χ0) is 13.5. The molecule has 0 saturated heterocycles. The second-order valence-corrected chi connectivity index (χ2v) is 6.23. The van der Waals surface area contributed by atoms with E-state index in [2.05, 4.69) is 10.3 Å². The summed E-state index contributed by atoms with van der Waals surface area (Å²) in [6.07, 6.45) is 1.69. The lowest BCUT2D eigenvalue weighted by molar-refractivity contribution is -0.116. The molecular weight excluding hydrogens is 270 g/mol. The number of aromatic nitrogens is 1. The van der Waals surface area contributed by atoms with E-state index in [1.54, 1.807) is 18.1 Å². The number of hydrogen-bond donors (Lipinski definition) is 1. The largest absolute Gasteiger partial charge is 0.310 e. The van der Waals surface area contributed by atoms with Crippen LogP contribution < -0.4 is 10.2 Å². The summed E-state index contributed by atoms with van der Waals surface area (Å²) in [5.74, 6) is 0.652. The third-order valence-corrected chi connectivity index (χ3v) is 4.03. The van der Waals surface area contributed by atoms with Gasteiger partial charge in [0.2, 0.25) is 5.91 Å². The van der Waals surface area contributed by atoms with Crippen molar-refractivity contribution in [3.8, 4) is 0 Å². The minimum Gasteiger partial charge on any atom is -0.310 e. The standard InChI is InChI=1S/C11H19N3O2S2/c1-4-14(9(2)15)11-13-10(8-17-11)7-12-5-6-18(3)16/h8,12H,4-7H2,1-3H3. The van der Waals surface area contributed by atoms with Crippen molar-refractivity contribution in [2.24, 2.45) is 0 Å². The minimum absolute atomic E-state index is 0.00717. The summed E-state index contributed by atoms with van der Waals surface area (Å²) < 4.78 is 10.9. The highest BCUT2D eigenvalue weighted by Gasteiger charge is 2.12. The Morgan fingerprint density at radius 3 is 2.89 bits per heavy atom. The quantitative estimate of drug-likeness (QED) is 0.760. The molecule has 1 atom stereocenters. The number of carbonyl (C=O) groups is 1. The number of thiazole rings is 1. The van der Waals surface area contributed by atoms with E-state index in [9.17, 15) is 9.00 Å². The number of amides is 1. The van der Waals surface area contributed by atoms with Crippen LogP contribution in [0.5, 0.6) is 0 Å². The van der Waals surface area contributed by atoms with E-state index in [0.29, 0.717) is 25.4 Å². The van der Waals surface area contributed by atoms with Crippen molar-refractivity contribution in [3.63, 3.8) is 0 Å². The van der Waals surface area contributed by atoms with Gasteiger partial charge in [0.1, 0.15) is 0 Å². The van der Waals surface area contributed by atoms with Crippen LogP contribution in [0.15, 0.2) is 5.38 Å². The predicted molar refractivity (Wildman–Crippen MR) is 76.5 cm³/mol. The van der Waals surface area contributed by atoms with Crippen LogP contribution in [0.25, 0.3) is 0 Å². The number of hydrogen-bond acceptors (Lipinski definition) is 5. The van der Waals surface area contributed by atoms with Crippen LogP contribution in [0.2, 0.25) is 0 Å². The molecule has 0 spiro atoms. The third-order valence-electron chi connectivity index (χ3n) is 2.34. The summed E-state index contributed by atoms with van der Waals surface area (Å²) in [5, 5.41) is 5.86. The highest BCUT2D eigenvalue weighted by molar-refractivity contribution is 7.84. The molecule has 0 aliphatic carbocycles. The van der Waals surface area contributed by atoms with E-state index in [-0.39, 0.29) is 5.91 Å². The predicted octanol–water partition coefficient (Wildman–Crippen LogP) is 0.984. The van der Waals surface area contributed by atoms with Gasteiger partial charge in [0.25, 0.3) is 0 Å². The second-order valence-electron chi connectivity index (χ2n) is 3.84. The average Bonchev–Trinajstić information content (AvgIpc) is 2.73. The van der Waals surface area contributed by atoms with Crippen molar-refractivity contribution in [2.75, 3.05) is 30.0 Å². The van der Waals surface area contributed by atoms with Gasteiger partial charge in [0.15, 0.2) is 5.13 Å². The Morgan fingerprint density at radius 2 is 2.33 bits per heavy atom. The van der Waals surface area contributed by atoms with Crippen LogP contribution in [-0.2, 0) is 22.1 Å². The molecule has 5 nitrogen and oxygen atoms in total. The first-order chi connectivity index (χ1) is 8.54. The molecule has 0 radical (unpaired) electrons. The summed E-state index contributed by atoms with van der Waals surface area (Å²) in [4.78, 5) is 17.4. The molecule has 0 fully saturated rings. The summed E-state index contributed by atoms with van der Waals surface area (Å²) >= 11 is 1.47. The lowest BCUT2D eigenvalue weighted by atomic mass is 10.5. The summed E-state index contributed by atoms with van der Waals surface area (Å²) in [6, 6.07) is 0. The molecule has 1 aromatic rings. The molecule has 0 saturated carbocycles. The molecule has 102 valence electrons. The van der Waals surface area contributed by atoms with Crippen molar-refractivity contribution in [3.05, 3.63) is 11.1 Å². The molecule has 7 heteroatoms. The molecule has 1 heterocycles. The van der Waals surface area contributed by atoms with Crippen LogP contribution >= 0.6 is 11.3 Å². The lowest BCUT2D eigenvalue weighted by Gasteiger charge is -2.14. The Labute approximate surface area is 114 Å².